The number of aromatic nitrogens is 3. The lowest BCUT2D eigenvalue weighted by Crippen LogP contribution is -2.10. The minimum absolute atomic E-state index is 0.0771. The molecule has 6 heteroatoms. The molecule has 0 saturated carbocycles. The molecule has 2 N–H and O–H groups in total. The van der Waals surface area contributed by atoms with Crippen LogP contribution in [0.3, 0.4) is 0 Å². The van der Waals surface area contributed by atoms with Gasteiger partial charge in [-0.3, -0.25) is 0 Å². The highest BCUT2D eigenvalue weighted by molar-refractivity contribution is 5.92. The molecule has 126 valence electrons. The third-order valence-corrected chi connectivity index (χ3v) is 4.51. The minimum Gasteiger partial charge on any atom is -0.496 e. The molecule has 0 unspecified atom stereocenters. The topological polar surface area (TPSA) is 79.6 Å². The molecule has 0 aliphatic carbocycles. The van der Waals surface area contributed by atoms with Gasteiger partial charge in [0.25, 0.3) is 0 Å². The number of pyridine rings is 1. The van der Waals surface area contributed by atoms with E-state index in [1.54, 1.807) is 11.5 Å². The Kier molecular flexibility index (Phi) is 3.54. The fourth-order valence-electron chi connectivity index (χ4n) is 3.28. The number of aliphatic hydroxyl groups is 1. The zero-order valence-electron chi connectivity index (χ0n) is 13.9. The summed E-state index contributed by atoms with van der Waals surface area (Å²) < 4.78 is 7.14. The van der Waals surface area contributed by atoms with Crippen molar-refractivity contribution >= 4 is 16.6 Å². The number of aliphatic hydroxyl groups excluding tert-OH is 1. The molecular weight excluding hydrogens is 318 g/mol. The van der Waals surface area contributed by atoms with Crippen molar-refractivity contribution in [1.82, 2.24) is 14.6 Å². The molecule has 0 aliphatic heterocycles. The number of hydrogen-bond donors (Lipinski definition) is 2. The zero-order valence-corrected chi connectivity index (χ0v) is 13.9. The lowest BCUT2D eigenvalue weighted by atomic mass is 9.96. The Balaban J connectivity index is 2.16. The normalized spacial score (nSPS) is 11.3. The van der Waals surface area contributed by atoms with Crippen LogP contribution in [-0.4, -0.2) is 26.8 Å². The first-order valence-electron chi connectivity index (χ1n) is 7.91. The largest absolute Gasteiger partial charge is 0.496 e. The van der Waals surface area contributed by atoms with Gasteiger partial charge >= 0.3 is 5.69 Å². The van der Waals surface area contributed by atoms with E-state index in [-0.39, 0.29) is 12.3 Å². The summed E-state index contributed by atoms with van der Waals surface area (Å²) in [6, 6.07) is 13.3. The standard InChI is InChI=1S/C19H17N3O3/c1-11-7-18-20-21-19(24)22(18)16-8-15(17(25-2)9-14(11)16)13-6-4-3-5-12(13)10-23/h3-9,23H,10H2,1-2H3,(H,21,24). The van der Waals surface area contributed by atoms with Crippen molar-refractivity contribution in [1.29, 1.82) is 0 Å². The Bertz CT molecular complexity index is 1160. The summed E-state index contributed by atoms with van der Waals surface area (Å²) >= 11 is 0. The third-order valence-electron chi connectivity index (χ3n) is 4.51. The Morgan fingerprint density at radius 1 is 1.20 bits per heavy atom. The molecule has 0 amide bonds. The molecule has 4 aromatic rings. The first-order valence-corrected chi connectivity index (χ1v) is 7.91. The van der Waals surface area contributed by atoms with Gasteiger partial charge in [-0.15, -0.1) is 0 Å². The van der Waals surface area contributed by atoms with E-state index in [1.165, 1.54) is 0 Å². The molecule has 25 heavy (non-hydrogen) atoms. The summed E-state index contributed by atoms with van der Waals surface area (Å²) in [6.07, 6.45) is 0. The number of rotatable bonds is 3. The number of aryl methyl sites for hydroxylation is 1. The number of nitrogens with zero attached hydrogens (tertiary/aromatic N) is 2. The number of H-pyrrole nitrogens is 1. The maximum atomic E-state index is 12.2. The van der Waals surface area contributed by atoms with E-state index < -0.39 is 0 Å². The number of methoxy groups -OCH3 is 1. The third kappa shape index (κ3) is 2.30. The van der Waals surface area contributed by atoms with Crippen LogP contribution in [0.1, 0.15) is 11.1 Å². The molecule has 2 aromatic heterocycles. The van der Waals surface area contributed by atoms with Crippen LogP contribution >= 0.6 is 0 Å². The second-order valence-electron chi connectivity index (χ2n) is 5.93. The second kappa shape index (κ2) is 5.75. The van der Waals surface area contributed by atoms with Gasteiger partial charge in [-0.05, 0) is 41.8 Å². The molecule has 2 heterocycles. The highest BCUT2D eigenvalue weighted by atomic mass is 16.5. The molecule has 2 aromatic carbocycles. The average Bonchev–Trinajstić information content (AvgIpc) is 3.01. The molecule has 0 spiro atoms. The van der Waals surface area contributed by atoms with E-state index in [9.17, 15) is 9.90 Å². The van der Waals surface area contributed by atoms with Gasteiger partial charge in [0, 0.05) is 10.9 Å². The Labute approximate surface area is 143 Å². The van der Waals surface area contributed by atoms with Crippen molar-refractivity contribution in [3.8, 4) is 16.9 Å². The molecule has 4 rings (SSSR count). The van der Waals surface area contributed by atoms with Crippen molar-refractivity contribution in [3.05, 3.63) is 64.1 Å². The number of ether oxygens (including phenoxy) is 1. The SMILES string of the molecule is COc1cc2c(C)cc3n[nH]c(=O)n3c2cc1-c1ccccc1CO. The predicted molar refractivity (Wildman–Crippen MR) is 96.0 cm³/mol. The van der Waals surface area contributed by atoms with Crippen LogP contribution in [0.2, 0.25) is 0 Å². The molecule has 0 atom stereocenters. The van der Waals surface area contributed by atoms with E-state index in [4.69, 9.17) is 4.74 Å². The van der Waals surface area contributed by atoms with Crippen LogP contribution in [0.4, 0.5) is 0 Å². The van der Waals surface area contributed by atoms with E-state index >= 15 is 0 Å². The number of aromatic amines is 1. The summed E-state index contributed by atoms with van der Waals surface area (Å²) in [5, 5.41) is 17.1. The van der Waals surface area contributed by atoms with Crippen molar-refractivity contribution in [2.45, 2.75) is 13.5 Å². The van der Waals surface area contributed by atoms with Crippen molar-refractivity contribution in [3.63, 3.8) is 0 Å². The average molecular weight is 335 g/mol. The molecule has 6 nitrogen and oxygen atoms in total. The van der Waals surface area contributed by atoms with Gasteiger partial charge < -0.3 is 9.84 Å². The monoisotopic (exact) mass is 335 g/mol. The molecule has 0 radical (unpaired) electrons. The summed E-state index contributed by atoms with van der Waals surface area (Å²) in [7, 11) is 1.62. The van der Waals surface area contributed by atoms with Crippen LogP contribution in [0.25, 0.3) is 27.7 Å². The van der Waals surface area contributed by atoms with E-state index in [1.807, 2.05) is 49.4 Å². The van der Waals surface area contributed by atoms with Gasteiger partial charge in [-0.2, -0.15) is 5.10 Å². The summed E-state index contributed by atoms with van der Waals surface area (Å²) in [6.45, 7) is 1.90. The van der Waals surface area contributed by atoms with E-state index in [2.05, 4.69) is 10.2 Å². The van der Waals surface area contributed by atoms with Gasteiger partial charge in [0.1, 0.15) is 5.75 Å². The highest BCUT2D eigenvalue weighted by Crippen LogP contribution is 2.36. The van der Waals surface area contributed by atoms with Crippen molar-refractivity contribution in [2.24, 2.45) is 0 Å². The van der Waals surface area contributed by atoms with Crippen LogP contribution in [0, 0.1) is 6.92 Å². The van der Waals surface area contributed by atoms with Gasteiger partial charge in [-0.1, -0.05) is 24.3 Å². The Morgan fingerprint density at radius 3 is 2.76 bits per heavy atom. The Morgan fingerprint density at radius 2 is 2.00 bits per heavy atom. The van der Waals surface area contributed by atoms with Gasteiger partial charge in [0.2, 0.25) is 0 Å². The molecular formula is C19H17N3O3. The van der Waals surface area contributed by atoms with Gasteiger partial charge in [-0.25, -0.2) is 14.3 Å². The first-order chi connectivity index (χ1) is 12.1. The molecule has 0 bridgehead atoms. The summed E-state index contributed by atoms with van der Waals surface area (Å²) in [5.74, 6) is 0.687. The fraction of sp³-hybridized carbons (Fsp3) is 0.158. The van der Waals surface area contributed by atoms with Crippen molar-refractivity contribution in [2.75, 3.05) is 7.11 Å². The van der Waals surface area contributed by atoms with Gasteiger partial charge in [0.05, 0.1) is 19.2 Å². The van der Waals surface area contributed by atoms with E-state index in [0.29, 0.717) is 11.4 Å². The number of hydrogen-bond acceptors (Lipinski definition) is 4. The Hall–Kier alpha value is -3.12. The van der Waals surface area contributed by atoms with Crippen LogP contribution < -0.4 is 10.4 Å². The quantitative estimate of drug-likeness (QED) is 0.603. The highest BCUT2D eigenvalue weighted by Gasteiger charge is 2.15. The lowest BCUT2D eigenvalue weighted by Gasteiger charge is -2.15. The van der Waals surface area contributed by atoms with Crippen molar-refractivity contribution < 1.29 is 9.84 Å². The maximum absolute atomic E-state index is 12.2. The predicted octanol–water partition coefficient (Wildman–Crippen LogP) is 2.65. The lowest BCUT2D eigenvalue weighted by molar-refractivity contribution is 0.282. The summed E-state index contributed by atoms with van der Waals surface area (Å²) in [4.78, 5) is 12.2. The molecule has 0 fully saturated rings. The fourth-order valence-corrected chi connectivity index (χ4v) is 3.28. The number of benzene rings is 2. The molecule has 0 saturated heterocycles. The number of nitrogens with one attached hydrogen (secondary N) is 1. The molecule has 0 aliphatic rings. The first kappa shape index (κ1) is 15.4. The second-order valence-corrected chi connectivity index (χ2v) is 5.93. The number of fused-ring (bicyclic) bond motifs is 3. The zero-order chi connectivity index (χ0) is 17.6. The summed E-state index contributed by atoms with van der Waals surface area (Å²) in [5.41, 5.74) is 4.52. The van der Waals surface area contributed by atoms with Crippen LogP contribution in [0.15, 0.2) is 47.3 Å². The minimum atomic E-state index is -0.286. The maximum Gasteiger partial charge on any atom is 0.348 e. The van der Waals surface area contributed by atoms with Crippen LogP contribution in [0.5, 0.6) is 5.75 Å². The van der Waals surface area contributed by atoms with Gasteiger partial charge in [0.15, 0.2) is 5.65 Å². The smallest absolute Gasteiger partial charge is 0.348 e. The van der Waals surface area contributed by atoms with E-state index in [0.717, 1.165) is 33.2 Å². The van der Waals surface area contributed by atoms with Crippen LogP contribution in [-0.2, 0) is 6.61 Å².